The van der Waals surface area contributed by atoms with Gasteiger partial charge in [-0.25, -0.2) is 4.68 Å². The molecule has 2 heterocycles. The van der Waals surface area contributed by atoms with Crippen molar-refractivity contribution in [3.8, 4) is 0 Å². The van der Waals surface area contributed by atoms with Gasteiger partial charge in [-0.1, -0.05) is 19.1 Å². The summed E-state index contributed by atoms with van der Waals surface area (Å²) in [6, 6.07) is 8.27. The molecule has 7 nitrogen and oxygen atoms in total. The number of aromatic nitrogens is 4. The average Bonchev–Trinajstić information content (AvgIpc) is 3.02. The SMILES string of the molecule is CCCn1nnnc1CNc1ccccc1N1CCC(O)CC1. The van der Waals surface area contributed by atoms with E-state index in [9.17, 15) is 5.11 Å². The Hall–Kier alpha value is -2.15. The van der Waals surface area contributed by atoms with Crippen LogP contribution in [0.1, 0.15) is 32.0 Å². The Kier molecular flexibility index (Phi) is 5.07. The van der Waals surface area contributed by atoms with E-state index in [1.54, 1.807) is 0 Å². The Morgan fingerprint density at radius 1 is 1.26 bits per heavy atom. The molecule has 1 aliphatic heterocycles. The first-order valence-corrected chi connectivity index (χ1v) is 8.29. The number of rotatable bonds is 6. The van der Waals surface area contributed by atoms with Crippen LogP contribution in [0.2, 0.25) is 0 Å². The second-order valence-corrected chi connectivity index (χ2v) is 5.91. The van der Waals surface area contributed by atoms with Gasteiger partial charge >= 0.3 is 0 Å². The number of nitrogens with one attached hydrogen (secondary N) is 1. The topological polar surface area (TPSA) is 79.1 Å². The lowest BCUT2D eigenvalue weighted by atomic mass is 10.1. The van der Waals surface area contributed by atoms with Gasteiger partial charge in [-0.05, 0) is 41.8 Å². The normalized spacial score (nSPS) is 15.8. The Balaban J connectivity index is 1.69. The molecule has 0 saturated carbocycles. The van der Waals surface area contributed by atoms with Crippen LogP contribution >= 0.6 is 0 Å². The van der Waals surface area contributed by atoms with Crippen molar-refractivity contribution >= 4 is 11.4 Å². The minimum absolute atomic E-state index is 0.162. The van der Waals surface area contributed by atoms with Crippen molar-refractivity contribution in [2.24, 2.45) is 0 Å². The van der Waals surface area contributed by atoms with Gasteiger partial charge in [0.2, 0.25) is 0 Å². The van der Waals surface area contributed by atoms with Gasteiger partial charge in [-0.15, -0.1) is 5.10 Å². The number of hydrogen-bond acceptors (Lipinski definition) is 6. The van der Waals surface area contributed by atoms with Gasteiger partial charge in [0.25, 0.3) is 0 Å². The molecule has 124 valence electrons. The number of nitrogens with zero attached hydrogens (tertiary/aromatic N) is 5. The quantitative estimate of drug-likeness (QED) is 0.844. The molecule has 1 aromatic heterocycles. The molecule has 1 fully saturated rings. The van der Waals surface area contributed by atoms with E-state index in [1.165, 1.54) is 5.69 Å². The molecule has 0 spiro atoms. The van der Waals surface area contributed by atoms with Gasteiger partial charge in [-0.3, -0.25) is 0 Å². The monoisotopic (exact) mass is 316 g/mol. The Labute approximate surface area is 136 Å². The molecule has 0 atom stereocenters. The van der Waals surface area contributed by atoms with E-state index in [0.717, 1.165) is 50.4 Å². The summed E-state index contributed by atoms with van der Waals surface area (Å²) in [5.74, 6) is 0.843. The minimum Gasteiger partial charge on any atom is -0.393 e. The van der Waals surface area contributed by atoms with Gasteiger partial charge < -0.3 is 15.3 Å². The second kappa shape index (κ2) is 7.41. The number of piperidine rings is 1. The lowest BCUT2D eigenvalue weighted by molar-refractivity contribution is 0.145. The third kappa shape index (κ3) is 3.79. The standard InChI is InChI=1S/C16H24N6O/c1-2-9-22-16(18-19-20-22)12-17-14-5-3-4-6-15(14)21-10-7-13(23)8-11-21/h3-6,13,17,23H,2,7-12H2,1H3. The third-order valence-corrected chi connectivity index (χ3v) is 4.19. The Bertz CT molecular complexity index is 621. The molecule has 1 aromatic carbocycles. The molecule has 0 aliphatic carbocycles. The number of benzene rings is 1. The first-order chi connectivity index (χ1) is 11.3. The first-order valence-electron chi connectivity index (χ1n) is 8.29. The number of anilines is 2. The van der Waals surface area contributed by atoms with Crippen LogP contribution in [0.3, 0.4) is 0 Å². The van der Waals surface area contributed by atoms with E-state index in [2.05, 4.69) is 44.8 Å². The van der Waals surface area contributed by atoms with Gasteiger partial charge in [0.15, 0.2) is 5.82 Å². The number of hydrogen-bond donors (Lipinski definition) is 2. The highest BCUT2D eigenvalue weighted by Crippen LogP contribution is 2.28. The number of aliphatic hydroxyl groups excluding tert-OH is 1. The second-order valence-electron chi connectivity index (χ2n) is 5.91. The Morgan fingerprint density at radius 3 is 2.83 bits per heavy atom. The molecule has 0 radical (unpaired) electrons. The van der Waals surface area contributed by atoms with Crippen molar-refractivity contribution in [3.05, 3.63) is 30.1 Å². The van der Waals surface area contributed by atoms with Crippen LogP contribution in [0.5, 0.6) is 0 Å². The highest BCUT2D eigenvalue weighted by Gasteiger charge is 2.19. The van der Waals surface area contributed by atoms with Gasteiger partial charge in [0.1, 0.15) is 0 Å². The van der Waals surface area contributed by atoms with Gasteiger partial charge in [0.05, 0.1) is 24.0 Å². The van der Waals surface area contributed by atoms with Crippen LogP contribution < -0.4 is 10.2 Å². The number of aryl methyl sites for hydroxylation is 1. The van der Waals surface area contributed by atoms with Crippen LogP contribution in [-0.2, 0) is 13.1 Å². The molecule has 7 heteroatoms. The number of tetrazole rings is 1. The van der Waals surface area contributed by atoms with E-state index in [1.807, 2.05) is 16.8 Å². The van der Waals surface area contributed by atoms with E-state index >= 15 is 0 Å². The van der Waals surface area contributed by atoms with Crippen molar-refractivity contribution in [1.29, 1.82) is 0 Å². The maximum Gasteiger partial charge on any atom is 0.170 e. The zero-order valence-corrected chi connectivity index (χ0v) is 13.5. The molecular formula is C16H24N6O. The van der Waals surface area contributed by atoms with Crippen LogP contribution in [-0.4, -0.2) is 44.5 Å². The fraction of sp³-hybridized carbons (Fsp3) is 0.562. The van der Waals surface area contributed by atoms with Gasteiger partial charge in [-0.2, -0.15) is 0 Å². The lowest BCUT2D eigenvalue weighted by Crippen LogP contribution is -2.36. The fourth-order valence-corrected chi connectivity index (χ4v) is 2.92. The smallest absolute Gasteiger partial charge is 0.170 e. The molecule has 2 aromatic rings. The van der Waals surface area contributed by atoms with Gasteiger partial charge in [0, 0.05) is 19.6 Å². The zero-order chi connectivity index (χ0) is 16.1. The summed E-state index contributed by atoms with van der Waals surface area (Å²) in [6.45, 7) is 5.30. The van der Waals surface area contributed by atoms with Crippen LogP contribution in [0.4, 0.5) is 11.4 Å². The summed E-state index contributed by atoms with van der Waals surface area (Å²) < 4.78 is 1.84. The molecule has 1 aliphatic rings. The molecule has 3 rings (SSSR count). The largest absolute Gasteiger partial charge is 0.393 e. The maximum absolute atomic E-state index is 9.69. The minimum atomic E-state index is -0.162. The highest BCUT2D eigenvalue weighted by atomic mass is 16.3. The molecule has 2 N–H and O–H groups in total. The zero-order valence-electron chi connectivity index (χ0n) is 13.5. The van der Waals surface area contributed by atoms with Crippen molar-refractivity contribution in [2.45, 2.75) is 45.4 Å². The highest BCUT2D eigenvalue weighted by molar-refractivity contribution is 5.70. The molecule has 1 saturated heterocycles. The predicted molar refractivity (Wildman–Crippen MR) is 89.3 cm³/mol. The maximum atomic E-state index is 9.69. The summed E-state index contributed by atoms with van der Waals surface area (Å²) in [6.07, 6.45) is 2.49. The van der Waals surface area contributed by atoms with Crippen molar-refractivity contribution in [1.82, 2.24) is 20.2 Å². The summed E-state index contributed by atoms with van der Waals surface area (Å²) in [7, 11) is 0. The van der Waals surface area contributed by atoms with Crippen molar-refractivity contribution < 1.29 is 5.11 Å². The molecule has 0 amide bonds. The summed E-state index contributed by atoms with van der Waals surface area (Å²) in [4.78, 5) is 2.32. The summed E-state index contributed by atoms with van der Waals surface area (Å²) in [5, 5.41) is 25.0. The first kappa shape index (κ1) is 15.7. The average molecular weight is 316 g/mol. The van der Waals surface area contributed by atoms with Crippen LogP contribution in [0, 0.1) is 0 Å². The van der Waals surface area contributed by atoms with E-state index in [4.69, 9.17) is 0 Å². The molecule has 0 unspecified atom stereocenters. The predicted octanol–water partition coefficient (Wildman–Crippen LogP) is 1.66. The van der Waals surface area contributed by atoms with E-state index in [0.29, 0.717) is 6.54 Å². The van der Waals surface area contributed by atoms with E-state index < -0.39 is 0 Å². The number of para-hydroxylation sites is 2. The molecule has 23 heavy (non-hydrogen) atoms. The third-order valence-electron chi connectivity index (χ3n) is 4.19. The van der Waals surface area contributed by atoms with Crippen LogP contribution in [0.15, 0.2) is 24.3 Å². The van der Waals surface area contributed by atoms with Crippen LogP contribution in [0.25, 0.3) is 0 Å². The molecular weight excluding hydrogens is 292 g/mol. The number of aliphatic hydroxyl groups is 1. The van der Waals surface area contributed by atoms with Crippen molar-refractivity contribution in [3.63, 3.8) is 0 Å². The van der Waals surface area contributed by atoms with Crippen molar-refractivity contribution in [2.75, 3.05) is 23.3 Å². The summed E-state index contributed by atoms with van der Waals surface area (Å²) in [5.41, 5.74) is 2.25. The fourth-order valence-electron chi connectivity index (χ4n) is 2.92. The summed E-state index contributed by atoms with van der Waals surface area (Å²) >= 11 is 0. The Morgan fingerprint density at radius 2 is 2.04 bits per heavy atom. The molecule has 0 bridgehead atoms. The van der Waals surface area contributed by atoms with E-state index in [-0.39, 0.29) is 6.10 Å². The lowest BCUT2D eigenvalue weighted by Gasteiger charge is -2.32.